The van der Waals surface area contributed by atoms with E-state index >= 15 is 4.39 Å². The summed E-state index contributed by atoms with van der Waals surface area (Å²) in [7, 11) is 1.57. The molecule has 1 heterocycles. The highest BCUT2D eigenvalue weighted by molar-refractivity contribution is 7.10. The highest BCUT2D eigenvalue weighted by Crippen LogP contribution is 2.30. The number of carbonyl (C=O) groups is 2. The maximum absolute atomic E-state index is 15.1. The molecule has 3 aromatic rings. The Morgan fingerprint density at radius 2 is 1.80 bits per heavy atom. The zero-order valence-electron chi connectivity index (χ0n) is 19.9. The van der Waals surface area contributed by atoms with Crippen LogP contribution in [0.4, 0.5) is 4.39 Å². The van der Waals surface area contributed by atoms with Crippen LogP contribution in [0.3, 0.4) is 0 Å². The molecular weight excluding hydrogens is 463 g/mol. The summed E-state index contributed by atoms with van der Waals surface area (Å²) in [5.74, 6) is -0.492. The third-order valence-corrected chi connectivity index (χ3v) is 7.35. The van der Waals surface area contributed by atoms with E-state index in [0.717, 1.165) is 42.5 Å². The van der Waals surface area contributed by atoms with Crippen LogP contribution in [0.5, 0.6) is 5.75 Å². The molecule has 4 rings (SSSR count). The normalized spacial score (nSPS) is 14.8. The molecule has 0 radical (unpaired) electrons. The van der Waals surface area contributed by atoms with Gasteiger partial charge in [-0.15, -0.1) is 11.3 Å². The van der Waals surface area contributed by atoms with E-state index in [1.165, 1.54) is 22.3 Å². The third kappa shape index (κ3) is 6.28. The van der Waals surface area contributed by atoms with Crippen molar-refractivity contribution in [3.63, 3.8) is 0 Å². The van der Waals surface area contributed by atoms with Crippen molar-refractivity contribution in [2.24, 2.45) is 0 Å². The molecule has 0 aliphatic heterocycles. The standard InChI is InChI=1S/C28H31FN2O3S/c1-34-25-16-8-5-10-20(25)19-31(26(32)18-22-13-9-17-35-22)27(23-14-6-7-15-24(23)29)28(33)30-21-11-3-2-4-12-21/h5-10,13-17,21,27H,2-4,11-12,18-19H2,1H3,(H,30,33)/t27-/m1/s1. The molecule has 1 atom stereocenters. The first-order valence-electron chi connectivity index (χ1n) is 12.1. The van der Waals surface area contributed by atoms with Crippen LogP contribution in [-0.4, -0.2) is 29.9 Å². The van der Waals surface area contributed by atoms with Gasteiger partial charge in [-0.1, -0.05) is 61.7 Å². The molecule has 1 saturated carbocycles. The van der Waals surface area contributed by atoms with Crippen LogP contribution in [0.2, 0.25) is 0 Å². The topological polar surface area (TPSA) is 58.6 Å². The predicted octanol–water partition coefficient (Wildman–Crippen LogP) is 5.66. The highest BCUT2D eigenvalue weighted by atomic mass is 32.1. The van der Waals surface area contributed by atoms with Gasteiger partial charge in [-0.05, 0) is 36.4 Å². The molecule has 35 heavy (non-hydrogen) atoms. The molecule has 2 amide bonds. The number of hydrogen-bond donors (Lipinski definition) is 1. The quantitative estimate of drug-likeness (QED) is 0.418. The first-order chi connectivity index (χ1) is 17.1. The van der Waals surface area contributed by atoms with E-state index in [1.54, 1.807) is 25.3 Å². The minimum absolute atomic E-state index is 0.0334. The van der Waals surface area contributed by atoms with Crippen LogP contribution in [-0.2, 0) is 22.6 Å². The number of carbonyl (C=O) groups excluding carboxylic acids is 2. The lowest BCUT2D eigenvalue weighted by atomic mass is 9.94. The van der Waals surface area contributed by atoms with Gasteiger partial charge in [0.25, 0.3) is 0 Å². The van der Waals surface area contributed by atoms with Crippen LogP contribution >= 0.6 is 11.3 Å². The number of ether oxygens (including phenoxy) is 1. The maximum Gasteiger partial charge on any atom is 0.247 e. The van der Waals surface area contributed by atoms with Gasteiger partial charge < -0.3 is 15.0 Å². The molecule has 0 bridgehead atoms. The molecule has 0 saturated heterocycles. The number of halogens is 1. The molecule has 7 heteroatoms. The fraction of sp³-hybridized carbons (Fsp3) is 0.357. The minimum atomic E-state index is -1.10. The lowest BCUT2D eigenvalue weighted by Gasteiger charge is -2.34. The largest absolute Gasteiger partial charge is 0.496 e. The van der Waals surface area contributed by atoms with E-state index in [9.17, 15) is 9.59 Å². The van der Waals surface area contributed by atoms with Crippen molar-refractivity contribution >= 4 is 23.2 Å². The van der Waals surface area contributed by atoms with Gasteiger partial charge in [-0.25, -0.2) is 4.39 Å². The van der Waals surface area contributed by atoms with E-state index in [2.05, 4.69) is 5.32 Å². The molecule has 1 aliphatic rings. The van der Waals surface area contributed by atoms with Gasteiger partial charge in [0.15, 0.2) is 0 Å². The second-order valence-corrected chi connectivity index (χ2v) is 9.89. The lowest BCUT2D eigenvalue weighted by Crippen LogP contribution is -2.47. The molecule has 2 aromatic carbocycles. The Bertz CT molecular complexity index is 1130. The van der Waals surface area contributed by atoms with Gasteiger partial charge in [0.2, 0.25) is 11.8 Å². The molecule has 1 N–H and O–H groups in total. The Morgan fingerprint density at radius 1 is 1.06 bits per heavy atom. The monoisotopic (exact) mass is 494 g/mol. The van der Waals surface area contributed by atoms with Crippen molar-refractivity contribution in [1.82, 2.24) is 10.2 Å². The minimum Gasteiger partial charge on any atom is -0.496 e. The van der Waals surface area contributed by atoms with Gasteiger partial charge in [0, 0.05) is 22.0 Å². The fourth-order valence-electron chi connectivity index (χ4n) is 4.68. The lowest BCUT2D eigenvalue weighted by molar-refractivity contribution is -0.141. The van der Waals surface area contributed by atoms with Gasteiger partial charge in [0.1, 0.15) is 17.6 Å². The Balaban J connectivity index is 1.73. The summed E-state index contributed by atoms with van der Waals surface area (Å²) in [5.41, 5.74) is 0.941. The van der Waals surface area contributed by atoms with Crippen LogP contribution < -0.4 is 10.1 Å². The number of methoxy groups -OCH3 is 1. The molecular formula is C28H31FN2O3S. The van der Waals surface area contributed by atoms with E-state index < -0.39 is 11.9 Å². The fourth-order valence-corrected chi connectivity index (χ4v) is 5.37. The van der Waals surface area contributed by atoms with Gasteiger partial charge in [0.05, 0.1) is 20.1 Å². The van der Waals surface area contributed by atoms with Crippen LogP contribution in [0.15, 0.2) is 66.0 Å². The van der Waals surface area contributed by atoms with E-state index in [1.807, 2.05) is 41.8 Å². The molecule has 184 valence electrons. The average molecular weight is 495 g/mol. The van der Waals surface area contributed by atoms with Crippen molar-refractivity contribution in [2.45, 2.75) is 57.2 Å². The molecule has 1 aliphatic carbocycles. The molecule has 0 unspecified atom stereocenters. The second-order valence-electron chi connectivity index (χ2n) is 8.86. The van der Waals surface area contributed by atoms with Crippen molar-refractivity contribution in [2.75, 3.05) is 7.11 Å². The van der Waals surface area contributed by atoms with E-state index in [4.69, 9.17) is 4.74 Å². The first kappa shape index (κ1) is 24.9. The Kier molecular flexibility index (Phi) is 8.53. The van der Waals surface area contributed by atoms with Crippen LogP contribution in [0.25, 0.3) is 0 Å². The summed E-state index contributed by atoms with van der Waals surface area (Å²) in [6.07, 6.45) is 5.18. The van der Waals surface area contributed by atoms with E-state index in [-0.39, 0.29) is 36.4 Å². The smallest absolute Gasteiger partial charge is 0.247 e. The summed E-state index contributed by atoms with van der Waals surface area (Å²) in [4.78, 5) is 29.9. The Labute approximate surface area is 209 Å². The van der Waals surface area contributed by atoms with Crippen LogP contribution in [0.1, 0.15) is 54.1 Å². The van der Waals surface area contributed by atoms with Crippen LogP contribution in [0, 0.1) is 5.82 Å². The highest BCUT2D eigenvalue weighted by Gasteiger charge is 2.35. The maximum atomic E-state index is 15.1. The molecule has 1 aromatic heterocycles. The second kappa shape index (κ2) is 12.0. The predicted molar refractivity (Wildman–Crippen MR) is 136 cm³/mol. The Morgan fingerprint density at radius 3 is 2.51 bits per heavy atom. The van der Waals surface area contributed by atoms with Crippen molar-refractivity contribution in [3.8, 4) is 5.75 Å². The number of para-hydroxylation sites is 1. The summed E-state index contributed by atoms with van der Waals surface area (Å²) in [6, 6.07) is 16.3. The zero-order valence-corrected chi connectivity index (χ0v) is 20.7. The SMILES string of the molecule is COc1ccccc1CN(C(=O)Cc1cccs1)[C@@H](C(=O)NC1CCCCC1)c1ccccc1F. The number of hydrogen-bond acceptors (Lipinski definition) is 4. The Hall–Kier alpha value is -3.19. The zero-order chi connectivity index (χ0) is 24.6. The number of nitrogens with zero attached hydrogens (tertiary/aromatic N) is 1. The van der Waals surface area contributed by atoms with Crippen molar-refractivity contribution < 1.29 is 18.7 Å². The number of rotatable bonds is 9. The summed E-state index contributed by atoms with van der Waals surface area (Å²) < 4.78 is 20.6. The molecule has 0 spiro atoms. The molecule has 5 nitrogen and oxygen atoms in total. The number of thiophene rings is 1. The first-order valence-corrected chi connectivity index (χ1v) is 12.9. The number of amides is 2. The average Bonchev–Trinajstić information content (AvgIpc) is 3.38. The number of benzene rings is 2. The third-order valence-electron chi connectivity index (χ3n) is 6.47. The van der Waals surface area contributed by atoms with Gasteiger partial charge >= 0.3 is 0 Å². The summed E-state index contributed by atoms with van der Waals surface area (Å²) >= 11 is 1.48. The molecule has 1 fully saturated rings. The van der Waals surface area contributed by atoms with Crippen molar-refractivity contribution in [1.29, 1.82) is 0 Å². The summed E-state index contributed by atoms with van der Waals surface area (Å²) in [5, 5.41) is 5.04. The van der Waals surface area contributed by atoms with Gasteiger partial charge in [-0.2, -0.15) is 0 Å². The van der Waals surface area contributed by atoms with Crippen molar-refractivity contribution in [3.05, 3.63) is 87.9 Å². The van der Waals surface area contributed by atoms with Gasteiger partial charge in [-0.3, -0.25) is 9.59 Å². The summed E-state index contributed by atoms with van der Waals surface area (Å²) in [6.45, 7) is 0.116. The van der Waals surface area contributed by atoms with E-state index in [0.29, 0.717) is 5.75 Å². The number of nitrogens with one attached hydrogen (secondary N) is 1.